The first-order chi connectivity index (χ1) is 12.1. The van der Waals surface area contributed by atoms with Crippen LogP contribution in [0.15, 0.2) is 34.9 Å². The molecule has 128 valence electrons. The van der Waals surface area contributed by atoms with Gasteiger partial charge in [0.2, 0.25) is 5.91 Å². The normalized spacial score (nSPS) is 13.8. The van der Waals surface area contributed by atoms with Gasteiger partial charge in [0.05, 0.1) is 18.7 Å². The van der Waals surface area contributed by atoms with Crippen LogP contribution in [0.3, 0.4) is 0 Å². The van der Waals surface area contributed by atoms with Crippen molar-refractivity contribution in [2.45, 2.75) is 33.4 Å². The van der Waals surface area contributed by atoms with Gasteiger partial charge in [0.1, 0.15) is 5.76 Å². The summed E-state index contributed by atoms with van der Waals surface area (Å²) in [6.45, 7) is 5.51. The topological polar surface area (TPSA) is 77.0 Å². The summed E-state index contributed by atoms with van der Waals surface area (Å²) in [7, 11) is 0. The average molecular weight is 337 g/mol. The van der Waals surface area contributed by atoms with Crippen LogP contribution < -0.4 is 0 Å². The largest absolute Gasteiger partial charge is 0.361 e. The Bertz CT molecular complexity index is 893. The van der Waals surface area contributed by atoms with Crippen molar-refractivity contribution >= 4 is 5.91 Å². The Morgan fingerprint density at radius 2 is 1.96 bits per heavy atom. The predicted octanol–water partition coefficient (Wildman–Crippen LogP) is 2.13. The highest BCUT2D eigenvalue weighted by Crippen LogP contribution is 2.22. The highest BCUT2D eigenvalue weighted by Gasteiger charge is 2.26. The lowest BCUT2D eigenvalue weighted by molar-refractivity contribution is -0.132. The number of rotatable bonds is 3. The molecule has 7 nitrogen and oxygen atoms in total. The van der Waals surface area contributed by atoms with E-state index in [-0.39, 0.29) is 5.91 Å². The Kier molecular flexibility index (Phi) is 3.83. The van der Waals surface area contributed by atoms with Gasteiger partial charge in [0.25, 0.3) is 0 Å². The number of benzene rings is 1. The number of nitrogens with zero attached hydrogens (tertiary/aromatic N) is 5. The molecule has 2 aromatic heterocycles. The molecular formula is C18H19N5O2. The fraction of sp³-hybridized carbons (Fsp3) is 0.333. The van der Waals surface area contributed by atoms with Gasteiger partial charge in [-0.05, 0) is 13.8 Å². The molecule has 1 amide bonds. The van der Waals surface area contributed by atoms with Crippen molar-refractivity contribution in [2.24, 2.45) is 0 Å². The zero-order valence-electron chi connectivity index (χ0n) is 14.3. The van der Waals surface area contributed by atoms with Crippen LogP contribution >= 0.6 is 0 Å². The average Bonchev–Trinajstić information content (AvgIpc) is 3.20. The van der Waals surface area contributed by atoms with Crippen molar-refractivity contribution in [3.63, 3.8) is 0 Å². The first-order valence-corrected chi connectivity index (χ1v) is 8.30. The van der Waals surface area contributed by atoms with Crippen molar-refractivity contribution in [1.82, 2.24) is 24.8 Å². The first-order valence-electron chi connectivity index (χ1n) is 8.30. The van der Waals surface area contributed by atoms with Crippen molar-refractivity contribution in [3.8, 4) is 11.4 Å². The van der Waals surface area contributed by atoms with E-state index in [2.05, 4.69) is 19.9 Å². The minimum atomic E-state index is 0.0601. The molecule has 0 saturated heterocycles. The number of fused-ring (bicyclic) bond motifs is 1. The summed E-state index contributed by atoms with van der Waals surface area (Å²) in [5.41, 5.74) is 2.69. The molecule has 3 heterocycles. The zero-order chi connectivity index (χ0) is 17.4. The summed E-state index contributed by atoms with van der Waals surface area (Å²) in [4.78, 5) is 14.5. The van der Waals surface area contributed by atoms with E-state index >= 15 is 0 Å². The van der Waals surface area contributed by atoms with Crippen LogP contribution in [0.2, 0.25) is 0 Å². The second kappa shape index (κ2) is 6.16. The molecule has 0 radical (unpaired) electrons. The standard InChI is InChI=1S/C18H19N5O2/c1-12-15(13(2)25-21-12)10-17(24)22-8-9-23-16(11-22)19-20-18(23)14-6-4-3-5-7-14/h3-7H,8-11H2,1-2H3. The van der Waals surface area contributed by atoms with E-state index in [0.29, 0.717) is 31.8 Å². The summed E-state index contributed by atoms with van der Waals surface area (Å²) in [5.74, 6) is 2.44. The number of amides is 1. The van der Waals surface area contributed by atoms with Crippen LogP contribution in [-0.4, -0.2) is 37.3 Å². The Balaban J connectivity index is 1.52. The zero-order valence-corrected chi connectivity index (χ0v) is 14.3. The van der Waals surface area contributed by atoms with Crippen molar-refractivity contribution < 1.29 is 9.32 Å². The van der Waals surface area contributed by atoms with E-state index in [1.807, 2.05) is 49.1 Å². The molecule has 25 heavy (non-hydrogen) atoms. The molecule has 0 spiro atoms. The van der Waals surface area contributed by atoms with E-state index in [0.717, 1.165) is 28.5 Å². The van der Waals surface area contributed by atoms with Gasteiger partial charge in [-0.3, -0.25) is 4.79 Å². The molecular weight excluding hydrogens is 318 g/mol. The summed E-state index contributed by atoms with van der Waals surface area (Å²) in [6, 6.07) is 9.99. The molecule has 0 unspecified atom stereocenters. The van der Waals surface area contributed by atoms with Crippen molar-refractivity contribution in [2.75, 3.05) is 6.54 Å². The molecule has 1 aromatic carbocycles. The molecule has 0 saturated carbocycles. The Morgan fingerprint density at radius 1 is 1.16 bits per heavy atom. The van der Waals surface area contributed by atoms with Gasteiger partial charge in [-0.1, -0.05) is 35.5 Å². The number of aromatic nitrogens is 4. The maximum Gasteiger partial charge on any atom is 0.227 e. The maximum absolute atomic E-state index is 12.7. The minimum Gasteiger partial charge on any atom is -0.361 e. The summed E-state index contributed by atoms with van der Waals surface area (Å²) < 4.78 is 7.24. The van der Waals surface area contributed by atoms with Gasteiger partial charge >= 0.3 is 0 Å². The fourth-order valence-corrected chi connectivity index (χ4v) is 3.19. The van der Waals surface area contributed by atoms with Crippen LogP contribution in [0.4, 0.5) is 0 Å². The second-order valence-corrected chi connectivity index (χ2v) is 6.25. The van der Waals surface area contributed by atoms with Gasteiger partial charge in [0.15, 0.2) is 11.6 Å². The Morgan fingerprint density at radius 3 is 2.68 bits per heavy atom. The molecule has 7 heteroatoms. The van der Waals surface area contributed by atoms with E-state index in [1.165, 1.54) is 0 Å². The van der Waals surface area contributed by atoms with Gasteiger partial charge < -0.3 is 14.0 Å². The van der Waals surface area contributed by atoms with Gasteiger partial charge in [-0.2, -0.15) is 0 Å². The van der Waals surface area contributed by atoms with E-state index < -0.39 is 0 Å². The third-order valence-electron chi connectivity index (χ3n) is 4.65. The van der Waals surface area contributed by atoms with Crippen LogP contribution in [0.5, 0.6) is 0 Å². The third-order valence-corrected chi connectivity index (χ3v) is 4.65. The Hall–Kier alpha value is -2.96. The summed E-state index contributed by atoms with van der Waals surface area (Å²) >= 11 is 0. The van der Waals surface area contributed by atoms with E-state index in [1.54, 1.807) is 0 Å². The smallest absolute Gasteiger partial charge is 0.227 e. The highest BCUT2D eigenvalue weighted by molar-refractivity contribution is 5.79. The fourth-order valence-electron chi connectivity index (χ4n) is 3.19. The summed E-state index contributed by atoms with van der Waals surface area (Å²) in [6.07, 6.45) is 0.306. The molecule has 4 rings (SSSR count). The van der Waals surface area contributed by atoms with E-state index in [9.17, 15) is 4.79 Å². The second-order valence-electron chi connectivity index (χ2n) is 6.25. The Labute approximate surface area is 145 Å². The lowest BCUT2D eigenvalue weighted by atomic mass is 10.1. The van der Waals surface area contributed by atoms with Crippen molar-refractivity contribution in [1.29, 1.82) is 0 Å². The summed E-state index contributed by atoms with van der Waals surface area (Å²) in [5, 5.41) is 12.5. The number of carbonyl (C=O) groups is 1. The molecule has 0 atom stereocenters. The molecule has 1 aliphatic heterocycles. The highest BCUT2D eigenvalue weighted by atomic mass is 16.5. The molecule has 0 aliphatic carbocycles. The number of carbonyl (C=O) groups excluding carboxylic acids is 1. The number of hydrogen-bond acceptors (Lipinski definition) is 5. The number of aryl methyl sites for hydroxylation is 2. The maximum atomic E-state index is 12.7. The molecule has 1 aliphatic rings. The van der Waals surface area contributed by atoms with Crippen LogP contribution in [0.25, 0.3) is 11.4 Å². The van der Waals surface area contributed by atoms with E-state index in [4.69, 9.17) is 4.52 Å². The van der Waals surface area contributed by atoms with Crippen LogP contribution in [0, 0.1) is 13.8 Å². The lowest BCUT2D eigenvalue weighted by Crippen LogP contribution is -2.39. The van der Waals surface area contributed by atoms with Gasteiger partial charge in [0, 0.05) is 24.2 Å². The molecule has 0 N–H and O–H groups in total. The monoisotopic (exact) mass is 337 g/mol. The van der Waals surface area contributed by atoms with Gasteiger partial charge in [-0.15, -0.1) is 10.2 Å². The lowest BCUT2D eigenvalue weighted by Gasteiger charge is -2.28. The minimum absolute atomic E-state index is 0.0601. The van der Waals surface area contributed by atoms with Crippen LogP contribution in [-0.2, 0) is 24.3 Å². The molecule has 0 bridgehead atoms. The molecule has 3 aromatic rings. The van der Waals surface area contributed by atoms with Crippen LogP contribution in [0.1, 0.15) is 22.8 Å². The molecule has 0 fully saturated rings. The predicted molar refractivity (Wildman–Crippen MR) is 90.6 cm³/mol. The number of hydrogen-bond donors (Lipinski definition) is 0. The van der Waals surface area contributed by atoms with Crippen molar-refractivity contribution in [3.05, 3.63) is 53.2 Å². The quantitative estimate of drug-likeness (QED) is 0.732. The third kappa shape index (κ3) is 2.82. The van der Waals surface area contributed by atoms with Gasteiger partial charge in [-0.25, -0.2) is 0 Å². The first kappa shape index (κ1) is 15.6. The SMILES string of the molecule is Cc1noc(C)c1CC(=O)N1CCn2c(nnc2-c2ccccc2)C1.